The molecule has 0 saturated carbocycles. The number of halogens is 2. The Kier molecular flexibility index (Phi) is 13.9. The molecule has 5 nitrogen and oxygen atoms in total. The molecule has 2 heterocycles. The maximum atomic E-state index is 8.96. The van der Waals surface area contributed by atoms with Crippen molar-refractivity contribution >= 4 is 47.9 Å². The first kappa shape index (κ1) is 33.1. The highest BCUT2D eigenvalue weighted by Gasteiger charge is 2.20. The summed E-state index contributed by atoms with van der Waals surface area (Å²) < 4.78 is 5.80. The molecular formula is C33H40Cl2N4O. The molecule has 1 aliphatic heterocycles. The third kappa shape index (κ3) is 8.94. The number of aryl methyl sites for hydroxylation is 2. The third-order valence-corrected chi connectivity index (χ3v) is 7.25. The first-order valence-corrected chi connectivity index (χ1v) is 13.5. The number of nitrogens with zero attached hydrogens (tertiary/aromatic N) is 3. The van der Waals surface area contributed by atoms with Gasteiger partial charge in [-0.3, -0.25) is 4.90 Å². The standard InChI is InChI=1S/C31H31N3O.C2H7N.2ClH/c1-23-28(13-11-24-7-9-26(21-32)10-8-24)14-15-29-30(33-35-31(23)29)16-12-25-17-19-34(20-18-25)22-27-5-3-2-4-6-27;1-3-2;;/h2-11,13-15,25H,12,16-20,22H2,1H3;3H,1-2H3;2*1H. The number of piperidine rings is 1. The van der Waals surface area contributed by atoms with Crippen molar-refractivity contribution in [3.8, 4) is 6.07 Å². The number of nitrogens with one attached hydrogen (secondary N) is 1. The van der Waals surface area contributed by atoms with Gasteiger partial charge >= 0.3 is 0 Å². The Hall–Kier alpha value is -3.14. The SMILES string of the molecule is CNC.Cc1c(C=Cc2ccc(C#N)cc2)ccc2c(CCC3CCN(Cc4ccccc4)CC3)noc12.Cl.Cl. The molecule has 0 atom stereocenters. The van der Waals surface area contributed by atoms with E-state index in [1.54, 1.807) is 0 Å². The van der Waals surface area contributed by atoms with Gasteiger partial charge in [-0.15, -0.1) is 24.8 Å². The maximum absolute atomic E-state index is 8.96. The number of hydrogen-bond donors (Lipinski definition) is 1. The second-order valence-corrected chi connectivity index (χ2v) is 10.1. The fourth-order valence-electron chi connectivity index (χ4n) is 5.03. The molecule has 40 heavy (non-hydrogen) atoms. The predicted molar refractivity (Wildman–Crippen MR) is 171 cm³/mol. The second kappa shape index (κ2) is 16.8. The summed E-state index contributed by atoms with van der Waals surface area (Å²) in [4.78, 5) is 2.58. The number of fused-ring (bicyclic) bond motifs is 1. The molecule has 0 aliphatic carbocycles. The van der Waals surface area contributed by atoms with E-state index in [4.69, 9.17) is 9.78 Å². The van der Waals surface area contributed by atoms with Crippen LogP contribution in [-0.2, 0) is 13.0 Å². The Labute approximate surface area is 251 Å². The van der Waals surface area contributed by atoms with Gasteiger partial charge in [0.2, 0.25) is 0 Å². The van der Waals surface area contributed by atoms with Gasteiger partial charge in [-0.1, -0.05) is 65.8 Å². The first-order chi connectivity index (χ1) is 18.6. The van der Waals surface area contributed by atoms with Crippen molar-refractivity contribution in [2.75, 3.05) is 27.2 Å². The molecular weight excluding hydrogens is 539 g/mol. The van der Waals surface area contributed by atoms with Crippen LogP contribution in [0.3, 0.4) is 0 Å². The van der Waals surface area contributed by atoms with Crippen molar-refractivity contribution in [1.82, 2.24) is 15.4 Å². The molecule has 1 fully saturated rings. The molecule has 0 radical (unpaired) electrons. The zero-order valence-corrected chi connectivity index (χ0v) is 25.2. The monoisotopic (exact) mass is 578 g/mol. The van der Waals surface area contributed by atoms with Crippen molar-refractivity contribution < 1.29 is 4.52 Å². The molecule has 212 valence electrons. The minimum atomic E-state index is 0. The van der Waals surface area contributed by atoms with Crippen molar-refractivity contribution in [3.05, 3.63) is 100 Å². The van der Waals surface area contributed by atoms with Gasteiger partial charge in [0.15, 0.2) is 5.58 Å². The van der Waals surface area contributed by atoms with E-state index in [1.807, 2.05) is 38.4 Å². The van der Waals surface area contributed by atoms with Crippen LogP contribution in [0.4, 0.5) is 0 Å². The summed E-state index contributed by atoms with van der Waals surface area (Å²) in [7, 11) is 3.75. The lowest BCUT2D eigenvalue weighted by molar-refractivity contribution is 0.172. The Morgan fingerprint density at radius 2 is 1.65 bits per heavy atom. The molecule has 1 saturated heterocycles. The Morgan fingerprint density at radius 1 is 0.975 bits per heavy atom. The van der Waals surface area contributed by atoms with E-state index in [1.165, 1.54) is 37.9 Å². The zero-order chi connectivity index (χ0) is 26.7. The van der Waals surface area contributed by atoms with E-state index in [-0.39, 0.29) is 24.8 Å². The fourth-order valence-corrected chi connectivity index (χ4v) is 5.03. The number of rotatable bonds is 7. The Bertz CT molecular complexity index is 1370. The second-order valence-electron chi connectivity index (χ2n) is 10.1. The third-order valence-electron chi connectivity index (χ3n) is 7.25. The van der Waals surface area contributed by atoms with E-state index in [0.29, 0.717) is 5.56 Å². The van der Waals surface area contributed by atoms with Crippen LogP contribution in [0.15, 0.2) is 71.3 Å². The summed E-state index contributed by atoms with van der Waals surface area (Å²) in [5.74, 6) is 0.754. The average molecular weight is 580 g/mol. The van der Waals surface area contributed by atoms with E-state index in [0.717, 1.165) is 52.2 Å². The zero-order valence-electron chi connectivity index (χ0n) is 23.6. The van der Waals surface area contributed by atoms with Gasteiger partial charge in [0.05, 0.1) is 17.3 Å². The highest BCUT2D eigenvalue weighted by molar-refractivity contribution is 5.87. The van der Waals surface area contributed by atoms with Crippen LogP contribution in [-0.4, -0.2) is 37.2 Å². The lowest BCUT2D eigenvalue weighted by Gasteiger charge is -2.31. The highest BCUT2D eigenvalue weighted by Crippen LogP contribution is 2.29. The molecule has 4 aromatic rings. The quantitative estimate of drug-likeness (QED) is 0.227. The molecule has 1 N–H and O–H groups in total. The number of likely N-dealkylation sites (tertiary alicyclic amines) is 1. The van der Waals surface area contributed by atoms with Gasteiger partial charge in [0, 0.05) is 17.5 Å². The summed E-state index contributed by atoms with van der Waals surface area (Å²) in [6.45, 7) is 5.50. The summed E-state index contributed by atoms with van der Waals surface area (Å²) in [5.41, 5.74) is 7.34. The van der Waals surface area contributed by atoms with Crippen LogP contribution >= 0.6 is 24.8 Å². The van der Waals surface area contributed by atoms with Crippen molar-refractivity contribution in [3.63, 3.8) is 0 Å². The normalized spacial score (nSPS) is 13.7. The number of benzene rings is 3. The molecule has 1 aliphatic rings. The lowest BCUT2D eigenvalue weighted by atomic mass is 9.90. The van der Waals surface area contributed by atoms with Crippen LogP contribution in [0.1, 0.15) is 52.8 Å². The largest absolute Gasteiger partial charge is 0.356 e. The van der Waals surface area contributed by atoms with Crippen molar-refractivity contribution in [2.45, 2.75) is 39.2 Å². The maximum Gasteiger partial charge on any atom is 0.170 e. The summed E-state index contributed by atoms with van der Waals surface area (Å²) >= 11 is 0. The Morgan fingerprint density at radius 3 is 2.30 bits per heavy atom. The molecule has 1 aromatic heterocycles. The Balaban J connectivity index is 0.00000107. The van der Waals surface area contributed by atoms with E-state index < -0.39 is 0 Å². The van der Waals surface area contributed by atoms with Gasteiger partial charge in [0.25, 0.3) is 0 Å². The number of hydrogen-bond acceptors (Lipinski definition) is 5. The lowest BCUT2D eigenvalue weighted by Crippen LogP contribution is -2.33. The summed E-state index contributed by atoms with van der Waals surface area (Å²) in [5, 5.41) is 17.3. The number of nitriles is 1. The molecule has 0 spiro atoms. The van der Waals surface area contributed by atoms with E-state index in [2.05, 4.69) is 83.0 Å². The molecule has 0 amide bonds. The highest BCUT2D eigenvalue weighted by atomic mass is 35.5. The van der Waals surface area contributed by atoms with Gasteiger partial charge in [-0.2, -0.15) is 5.26 Å². The van der Waals surface area contributed by atoms with Crippen molar-refractivity contribution in [2.24, 2.45) is 5.92 Å². The molecule has 0 unspecified atom stereocenters. The smallest absolute Gasteiger partial charge is 0.170 e. The predicted octanol–water partition coefficient (Wildman–Crippen LogP) is 7.70. The minimum Gasteiger partial charge on any atom is -0.356 e. The topological polar surface area (TPSA) is 65.1 Å². The fraction of sp³-hybridized carbons (Fsp3) is 0.333. The van der Waals surface area contributed by atoms with Crippen molar-refractivity contribution in [1.29, 1.82) is 5.26 Å². The number of aromatic nitrogens is 1. The van der Waals surface area contributed by atoms with Gasteiger partial charge in [0.1, 0.15) is 0 Å². The molecule has 5 rings (SSSR count). The van der Waals surface area contributed by atoms with Crippen LogP contribution < -0.4 is 5.32 Å². The van der Waals surface area contributed by atoms with E-state index in [9.17, 15) is 0 Å². The van der Waals surface area contributed by atoms with Crippen LogP contribution in [0, 0.1) is 24.2 Å². The molecule has 0 bridgehead atoms. The average Bonchev–Trinajstić information content (AvgIpc) is 3.37. The summed E-state index contributed by atoms with van der Waals surface area (Å²) in [6, 6.07) is 24.8. The van der Waals surface area contributed by atoms with Gasteiger partial charge in [-0.25, -0.2) is 0 Å². The van der Waals surface area contributed by atoms with Crippen LogP contribution in [0.25, 0.3) is 23.1 Å². The van der Waals surface area contributed by atoms with Gasteiger partial charge in [-0.05, 0) is 101 Å². The first-order valence-electron chi connectivity index (χ1n) is 13.5. The van der Waals surface area contributed by atoms with Crippen LogP contribution in [0.5, 0.6) is 0 Å². The van der Waals surface area contributed by atoms with E-state index >= 15 is 0 Å². The minimum absolute atomic E-state index is 0. The molecule has 3 aromatic carbocycles. The molecule has 7 heteroatoms. The summed E-state index contributed by atoms with van der Waals surface area (Å²) in [6.07, 6.45) is 8.81. The van der Waals surface area contributed by atoms with Gasteiger partial charge < -0.3 is 9.84 Å². The van der Waals surface area contributed by atoms with Crippen LogP contribution in [0.2, 0.25) is 0 Å².